The maximum atomic E-state index is 12.4. The van der Waals surface area contributed by atoms with Crippen molar-refractivity contribution in [1.29, 1.82) is 0 Å². The Morgan fingerprint density at radius 1 is 1.07 bits per heavy atom. The third-order valence-corrected chi connectivity index (χ3v) is 5.18. The van der Waals surface area contributed by atoms with Gasteiger partial charge in [-0.3, -0.25) is 14.5 Å². The van der Waals surface area contributed by atoms with E-state index in [4.69, 9.17) is 16.3 Å². The molecule has 1 heterocycles. The Hall–Kier alpha value is -2.90. The normalized spacial score (nSPS) is 11.0. The van der Waals surface area contributed by atoms with Gasteiger partial charge in [0.25, 0.3) is 10.0 Å². The topological polar surface area (TPSA) is 85.4 Å². The first-order valence-electron chi connectivity index (χ1n) is 7.86. The molecule has 27 heavy (non-hydrogen) atoms. The summed E-state index contributed by atoms with van der Waals surface area (Å²) in [6.07, 6.45) is 2.92. The van der Waals surface area contributed by atoms with Crippen LogP contribution in [-0.4, -0.2) is 19.2 Å². The number of aromatic nitrogens is 1. The first kappa shape index (κ1) is 18.9. The van der Waals surface area contributed by atoms with E-state index in [0.29, 0.717) is 10.8 Å². The minimum absolute atomic E-state index is 0.125. The molecule has 1 N–H and O–H groups in total. The van der Waals surface area contributed by atoms with Crippen molar-refractivity contribution in [3.63, 3.8) is 0 Å². The van der Waals surface area contributed by atoms with Crippen molar-refractivity contribution in [1.82, 2.24) is 4.98 Å². The second-order valence-corrected chi connectivity index (χ2v) is 7.75. The van der Waals surface area contributed by atoms with Crippen LogP contribution in [0, 0.1) is 0 Å². The number of sulfonamides is 1. The fraction of sp³-hybridized carbons (Fsp3) is 0.0526. The van der Waals surface area contributed by atoms with Crippen molar-refractivity contribution in [2.75, 3.05) is 4.72 Å². The predicted octanol–water partition coefficient (Wildman–Crippen LogP) is 4.53. The van der Waals surface area contributed by atoms with Crippen LogP contribution in [0.25, 0.3) is 0 Å². The lowest BCUT2D eigenvalue weighted by molar-refractivity contribution is 0.101. The van der Waals surface area contributed by atoms with Crippen LogP contribution in [0.4, 0.5) is 5.69 Å². The highest BCUT2D eigenvalue weighted by Gasteiger charge is 2.16. The average molecular weight is 403 g/mol. The Labute approximate surface area is 161 Å². The summed E-state index contributed by atoms with van der Waals surface area (Å²) >= 11 is 5.88. The highest BCUT2D eigenvalue weighted by Crippen LogP contribution is 2.30. The Kier molecular flexibility index (Phi) is 5.43. The number of pyridine rings is 1. The molecule has 0 fully saturated rings. The summed E-state index contributed by atoms with van der Waals surface area (Å²) in [5.74, 6) is 0.359. The van der Waals surface area contributed by atoms with E-state index in [1.165, 1.54) is 49.6 Å². The summed E-state index contributed by atoms with van der Waals surface area (Å²) in [6, 6.07) is 14.0. The number of carbonyl (C=O) groups is 1. The SMILES string of the molecule is CC(=O)c1cc(NS(=O)(=O)c2ccccc2)ccc1Oc1cncc(Cl)c1. The molecule has 8 heteroatoms. The van der Waals surface area contributed by atoms with Crippen molar-refractivity contribution in [2.45, 2.75) is 11.8 Å². The van der Waals surface area contributed by atoms with Gasteiger partial charge in [0.2, 0.25) is 0 Å². The number of ketones is 1. The van der Waals surface area contributed by atoms with Crippen LogP contribution < -0.4 is 9.46 Å². The number of ether oxygens (including phenoxy) is 1. The molecule has 1 aromatic heterocycles. The quantitative estimate of drug-likeness (QED) is 0.612. The first-order valence-corrected chi connectivity index (χ1v) is 9.72. The van der Waals surface area contributed by atoms with E-state index in [1.54, 1.807) is 24.3 Å². The molecule has 0 atom stereocenters. The zero-order valence-electron chi connectivity index (χ0n) is 14.2. The lowest BCUT2D eigenvalue weighted by Gasteiger charge is -2.13. The third kappa shape index (κ3) is 4.64. The maximum absolute atomic E-state index is 12.4. The molecular formula is C19H15ClN2O4S. The fourth-order valence-electron chi connectivity index (χ4n) is 2.35. The molecule has 3 aromatic rings. The zero-order valence-corrected chi connectivity index (χ0v) is 15.8. The van der Waals surface area contributed by atoms with Gasteiger partial charge < -0.3 is 4.74 Å². The minimum Gasteiger partial charge on any atom is -0.455 e. The monoisotopic (exact) mass is 402 g/mol. The number of nitrogens with one attached hydrogen (secondary N) is 1. The summed E-state index contributed by atoms with van der Waals surface area (Å²) in [5.41, 5.74) is 0.476. The summed E-state index contributed by atoms with van der Waals surface area (Å²) in [7, 11) is -3.76. The highest BCUT2D eigenvalue weighted by molar-refractivity contribution is 7.92. The van der Waals surface area contributed by atoms with Crippen molar-refractivity contribution >= 4 is 33.1 Å². The average Bonchev–Trinajstić information content (AvgIpc) is 2.63. The van der Waals surface area contributed by atoms with E-state index in [1.807, 2.05) is 0 Å². The Morgan fingerprint density at radius 2 is 1.81 bits per heavy atom. The molecule has 138 valence electrons. The number of anilines is 1. The van der Waals surface area contributed by atoms with Gasteiger partial charge in [-0.15, -0.1) is 0 Å². The number of carbonyl (C=O) groups excluding carboxylic acids is 1. The van der Waals surface area contributed by atoms with Crippen molar-refractivity contribution in [3.8, 4) is 11.5 Å². The molecule has 0 saturated carbocycles. The van der Waals surface area contributed by atoms with Gasteiger partial charge in [0.1, 0.15) is 11.5 Å². The van der Waals surface area contributed by atoms with Gasteiger partial charge >= 0.3 is 0 Å². The zero-order chi connectivity index (χ0) is 19.4. The molecule has 0 aliphatic heterocycles. The molecule has 0 spiro atoms. The number of Topliss-reactive ketones (excluding diaryl/α,β-unsaturated/α-hetero) is 1. The van der Waals surface area contributed by atoms with E-state index in [9.17, 15) is 13.2 Å². The van der Waals surface area contributed by atoms with Gasteiger partial charge in [-0.2, -0.15) is 0 Å². The molecule has 0 unspecified atom stereocenters. The van der Waals surface area contributed by atoms with Crippen LogP contribution in [0.5, 0.6) is 11.5 Å². The van der Waals surface area contributed by atoms with E-state index < -0.39 is 10.0 Å². The van der Waals surface area contributed by atoms with Crippen molar-refractivity contribution < 1.29 is 17.9 Å². The van der Waals surface area contributed by atoms with Crippen LogP contribution in [0.15, 0.2) is 71.9 Å². The smallest absolute Gasteiger partial charge is 0.261 e. The molecule has 6 nitrogen and oxygen atoms in total. The highest BCUT2D eigenvalue weighted by atomic mass is 35.5. The second-order valence-electron chi connectivity index (χ2n) is 5.63. The molecule has 0 bridgehead atoms. The van der Waals surface area contributed by atoms with E-state index in [2.05, 4.69) is 9.71 Å². The number of hydrogen-bond donors (Lipinski definition) is 1. The Morgan fingerprint density at radius 3 is 2.48 bits per heavy atom. The van der Waals surface area contributed by atoms with Gasteiger partial charge in [0.15, 0.2) is 5.78 Å². The van der Waals surface area contributed by atoms with Gasteiger partial charge in [-0.05, 0) is 37.3 Å². The lowest BCUT2D eigenvalue weighted by atomic mass is 10.1. The number of halogens is 1. The second kappa shape index (κ2) is 7.77. The van der Waals surface area contributed by atoms with Gasteiger partial charge in [0, 0.05) is 18.0 Å². The fourth-order valence-corrected chi connectivity index (χ4v) is 3.58. The molecule has 0 saturated heterocycles. The Bertz CT molecular complexity index is 1090. The number of rotatable bonds is 6. The summed E-state index contributed by atoms with van der Waals surface area (Å²) in [6.45, 7) is 1.37. The molecule has 0 aliphatic rings. The molecule has 0 radical (unpaired) electrons. The summed E-state index contributed by atoms with van der Waals surface area (Å²) in [4.78, 5) is 16.1. The van der Waals surface area contributed by atoms with Crippen molar-refractivity contribution in [2.24, 2.45) is 0 Å². The third-order valence-electron chi connectivity index (χ3n) is 3.57. The largest absolute Gasteiger partial charge is 0.455 e. The van der Waals surface area contributed by atoms with Crippen molar-refractivity contribution in [3.05, 3.63) is 77.6 Å². The van der Waals surface area contributed by atoms with Crippen LogP contribution in [0.1, 0.15) is 17.3 Å². The van der Waals surface area contributed by atoms with Crippen LogP contribution in [0.3, 0.4) is 0 Å². The van der Waals surface area contributed by atoms with E-state index in [-0.39, 0.29) is 27.7 Å². The lowest BCUT2D eigenvalue weighted by Crippen LogP contribution is -2.13. The van der Waals surface area contributed by atoms with E-state index in [0.717, 1.165) is 0 Å². The van der Waals surface area contributed by atoms with Crippen LogP contribution in [-0.2, 0) is 10.0 Å². The van der Waals surface area contributed by atoms with Gasteiger partial charge in [-0.1, -0.05) is 29.8 Å². The maximum Gasteiger partial charge on any atom is 0.261 e. The number of benzene rings is 2. The first-order chi connectivity index (χ1) is 12.8. The Balaban J connectivity index is 1.91. The molecule has 3 rings (SSSR count). The standard InChI is InChI=1S/C19H15ClN2O4S/c1-13(23)18-10-15(22-27(24,25)17-5-3-2-4-6-17)7-8-19(18)26-16-9-14(20)11-21-12-16/h2-12,22H,1H3. The molecular weight excluding hydrogens is 388 g/mol. The minimum atomic E-state index is -3.76. The number of nitrogens with zero attached hydrogens (tertiary/aromatic N) is 1. The van der Waals surface area contributed by atoms with Gasteiger partial charge in [-0.25, -0.2) is 8.42 Å². The van der Waals surface area contributed by atoms with E-state index >= 15 is 0 Å². The predicted molar refractivity (Wildman–Crippen MR) is 103 cm³/mol. The number of hydrogen-bond acceptors (Lipinski definition) is 5. The summed E-state index contributed by atoms with van der Waals surface area (Å²) in [5, 5.41) is 0.393. The van der Waals surface area contributed by atoms with Crippen LogP contribution in [0.2, 0.25) is 5.02 Å². The molecule has 0 aliphatic carbocycles. The molecule has 0 amide bonds. The molecule has 2 aromatic carbocycles. The van der Waals surface area contributed by atoms with Crippen LogP contribution >= 0.6 is 11.6 Å². The summed E-state index contributed by atoms with van der Waals surface area (Å²) < 4.78 is 33.0. The van der Waals surface area contributed by atoms with Gasteiger partial charge in [0.05, 0.1) is 21.7 Å².